The maximum absolute atomic E-state index is 12.8. The van der Waals surface area contributed by atoms with Crippen molar-refractivity contribution in [1.82, 2.24) is 5.32 Å². The molecule has 9 heteroatoms. The van der Waals surface area contributed by atoms with Crippen LogP contribution in [0.1, 0.15) is 29.3 Å². The SMILES string of the molecule is Cc1ccc(N2C(=O)CC[C@@H](C(=O)OCC(=O)NC(N)=O)[C@@H]2c2cccs2)cc1. The molecule has 1 fully saturated rings. The zero-order chi connectivity index (χ0) is 21.0. The molecule has 1 aromatic heterocycles. The lowest BCUT2D eigenvalue weighted by molar-refractivity contribution is -0.154. The molecule has 1 aromatic carbocycles. The third-order valence-corrected chi connectivity index (χ3v) is 5.60. The summed E-state index contributed by atoms with van der Waals surface area (Å²) in [5, 5.41) is 3.73. The van der Waals surface area contributed by atoms with E-state index in [-0.39, 0.29) is 12.3 Å². The number of imide groups is 1. The van der Waals surface area contributed by atoms with E-state index in [0.29, 0.717) is 12.1 Å². The average molecular weight is 415 g/mol. The van der Waals surface area contributed by atoms with Crippen LogP contribution in [-0.2, 0) is 19.1 Å². The van der Waals surface area contributed by atoms with E-state index in [0.717, 1.165) is 10.4 Å². The van der Waals surface area contributed by atoms with E-state index in [1.807, 2.05) is 54.0 Å². The third-order valence-electron chi connectivity index (χ3n) is 4.65. The van der Waals surface area contributed by atoms with Crippen molar-refractivity contribution in [1.29, 1.82) is 0 Å². The monoisotopic (exact) mass is 415 g/mol. The molecule has 3 rings (SSSR count). The lowest BCUT2D eigenvalue weighted by Gasteiger charge is -2.39. The molecule has 29 heavy (non-hydrogen) atoms. The van der Waals surface area contributed by atoms with Crippen molar-refractivity contribution in [3.05, 3.63) is 52.2 Å². The van der Waals surface area contributed by atoms with Crippen LogP contribution in [0.2, 0.25) is 0 Å². The number of carbonyl (C=O) groups excluding carboxylic acids is 4. The van der Waals surface area contributed by atoms with Crippen molar-refractivity contribution in [2.45, 2.75) is 25.8 Å². The van der Waals surface area contributed by atoms with Gasteiger partial charge in [-0.1, -0.05) is 23.8 Å². The summed E-state index contributed by atoms with van der Waals surface area (Å²) in [5.41, 5.74) is 6.64. The van der Waals surface area contributed by atoms with Crippen LogP contribution in [0.15, 0.2) is 41.8 Å². The summed E-state index contributed by atoms with van der Waals surface area (Å²) in [7, 11) is 0. The summed E-state index contributed by atoms with van der Waals surface area (Å²) in [6, 6.07) is 9.68. The number of thiophene rings is 1. The minimum Gasteiger partial charge on any atom is -0.455 e. The first-order valence-electron chi connectivity index (χ1n) is 9.05. The number of urea groups is 1. The molecule has 0 aliphatic carbocycles. The Balaban J connectivity index is 1.86. The number of hydrogen-bond donors (Lipinski definition) is 2. The number of aryl methyl sites for hydroxylation is 1. The summed E-state index contributed by atoms with van der Waals surface area (Å²) in [4.78, 5) is 50.4. The van der Waals surface area contributed by atoms with E-state index in [2.05, 4.69) is 0 Å². The molecule has 0 bridgehead atoms. The van der Waals surface area contributed by atoms with E-state index in [9.17, 15) is 19.2 Å². The van der Waals surface area contributed by atoms with Crippen LogP contribution in [0, 0.1) is 12.8 Å². The zero-order valence-electron chi connectivity index (χ0n) is 15.8. The van der Waals surface area contributed by atoms with Crippen LogP contribution >= 0.6 is 11.3 Å². The van der Waals surface area contributed by atoms with Gasteiger partial charge in [0.1, 0.15) is 0 Å². The topological polar surface area (TPSA) is 119 Å². The number of ether oxygens (including phenoxy) is 1. The van der Waals surface area contributed by atoms with Gasteiger partial charge < -0.3 is 15.4 Å². The molecular formula is C20H21N3O5S. The third kappa shape index (κ3) is 4.80. The lowest BCUT2D eigenvalue weighted by Crippen LogP contribution is -2.46. The van der Waals surface area contributed by atoms with Gasteiger partial charge in [0.25, 0.3) is 5.91 Å². The number of benzene rings is 1. The van der Waals surface area contributed by atoms with E-state index >= 15 is 0 Å². The van der Waals surface area contributed by atoms with Crippen LogP contribution in [0.4, 0.5) is 10.5 Å². The number of esters is 1. The normalized spacial score (nSPS) is 18.9. The number of nitrogens with zero attached hydrogens (tertiary/aromatic N) is 1. The molecule has 2 heterocycles. The molecule has 152 valence electrons. The molecule has 3 N–H and O–H groups in total. The van der Waals surface area contributed by atoms with Gasteiger partial charge in [-0.3, -0.25) is 19.7 Å². The van der Waals surface area contributed by atoms with E-state index in [1.54, 1.807) is 4.90 Å². The number of primary amides is 1. The number of nitrogens with one attached hydrogen (secondary N) is 1. The van der Waals surface area contributed by atoms with Gasteiger partial charge in [-0.2, -0.15) is 0 Å². The summed E-state index contributed by atoms with van der Waals surface area (Å²) in [5.74, 6) is -2.13. The summed E-state index contributed by atoms with van der Waals surface area (Å²) in [6.45, 7) is 1.34. The molecule has 0 saturated carbocycles. The van der Waals surface area contributed by atoms with Gasteiger partial charge in [-0.05, 0) is 36.9 Å². The lowest BCUT2D eigenvalue weighted by atomic mass is 9.87. The maximum atomic E-state index is 12.8. The van der Waals surface area contributed by atoms with Crippen molar-refractivity contribution >= 4 is 40.8 Å². The number of piperidine rings is 1. The second-order valence-corrected chi connectivity index (χ2v) is 7.70. The van der Waals surface area contributed by atoms with Crippen molar-refractivity contribution in [2.24, 2.45) is 11.7 Å². The molecule has 0 radical (unpaired) electrons. The van der Waals surface area contributed by atoms with Gasteiger partial charge in [-0.25, -0.2) is 4.79 Å². The summed E-state index contributed by atoms with van der Waals surface area (Å²) in [6.07, 6.45) is 0.489. The van der Waals surface area contributed by atoms with E-state index in [1.165, 1.54) is 11.3 Å². The minimum atomic E-state index is -1.02. The Morgan fingerprint density at radius 3 is 2.59 bits per heavy atom. The first kappa shape index (κ1) is 20.5. The Morgan fingerprint density at radius 2 is 1.97 bits per heavy atom. The van der Waals surface area contributed by atoms with Crippen LogP contribution in [-0.4, -0.2) is 30.4 Å². The fourth-order valence-corrected chi connectivity index (χ4v) is 4.23. The Bertz CT molecular complexity index is 911. The first-order chi connectivity index (χ1) is 13.9. The minimum absolute atomic E-state index is 0.0808. The highest BCUT2D eigenvalue weighted by molar-refractivity contribution is 7.10. The van der Waals surface area contributed by atoms with Gasteiger partial charge in [0, 0.05) is 17.0 Å². The fourth-order valence-electron chi connectivity index (χ4n) is 3.35. The second-order valence-electron chi connectivity index (χ2n) is 6.72. The van der Waals surface area contributed by atoms with Gasteiger partial charge in [0.2, 0.25) is 5.91 Å². The van der Waals surface area contributed by atoms with Crippen LogP contribution in [0.25, 0.3) is 0 Å². The molecule has 0 unspecified atom stereocenters. The Kier molecular flexibility index (Phi) is 6.28. The number of rotatable bonds is 5. The van der Waals surface area contributed by atoms with Crippen molar-refractivity contribution in [3.8, 4) is 0 Å². The van der Waals surface area contributed by atoms with Gasteiger partial charge in [0.05, 0.1) is 12.0 Å². The Morgan fingerprint density at radius 1 is 1.24 bits per heavy atom. The summed E-state index contributed by atoms with van der Waals surface area (Å²) < 4.78 is 5.12. The van der Waals surface area contributed by atoms with E-state index < -0.39 is 36.5 Å². The molecular weight excluding hydrogens is 394 g/mol. The van der Waals surface area contributed by atoms with Crippen molar-refractivity contribution in [2.75, 3.05) is 11.5 Å². The van der Waals surface area contributed by atoms with E-state index in [4.69, 9.17) is 10.5 Å². The second kappa shape index (κ2) is 8.87. The summed E-state index contributed by atoms with van der Waals surface area (Å²) >= 11 is 1.44. The van der Waals surface area contributed by atoms with Gasteiger partial charge in [0.15, 0.2) is 6.61 Å². The molecule has 0 spiro atoms. The van der Waals surface area contributed by atoms with Gasteiger partial charge in [-0.15, -0.1) is 11.3 Å². The predicted molar refractivity (Wildman–Crippen MR) is 107 cm³/mol. The zero-order valence-corrected chi connectivity index (χ0v) is 16.6. The number of anilines is 1. The molecule has 8 nitrogen and oxygen atoms in total. The maximum Gasteiger partial charge on any atom is 0.318 e. The Hall–Kier alpha value is -3.20. The molecule has 1 saturated heterocycles. The number of nitrogens with two attached hydrogens (primary N) is 1. The number of amides is 4. The largest absolute Gasteiger partial charge is 0.455 e. The molecule has 2 atom stereocenters. The quantitative estimate of drug-likeness (QED) is 0.726. The van der Waals surface area contributed by atoms with Crippen LogP contribution in [0.5, 0.6) is 0 Å². The van der Waals surface area contributed by atoms with Crippen LogP contribution in [0.3, 0.4) is 0 Å². The molecule has 1 aliphatic rings. The highest BCUT2D eigenvalue weighted by Crippen LogP contribution is 2.42. The van der Waals surface area contributed by atoms with Crippen LogP contribution < -0.4 is 16.0 Å². The van der Waals surface area contributed by atoms with Crippen molar-refractivity contribution < 1.29 is 23.9 Å². The molecule has 2 aromatic rings. The standard InChI is InChI=1S/C20H21N3O5S/c1-12-4-6-13(7-5-12)23-17(25)9-8-14(18(23)15-3-2-10-29-15)19(26)28-11-16(24)22-20(21)27/h2-7,10,14,18H,8-9,11H2,1H3,(H3,21,22,24,27)/t14-,18-/m1/s1. The van der Waals surface area contributed by atoms with Gasteiger partial charge >= 0.3 is 12.0 Å². The fraction of sp³-hybridized carbons (Fsp3) is 0.300. The highest BCUT2D eigenvalue weighted by atomic mass is 32.1. The highest BCUT2D eigenvalue weighted by Gasteiger charge is 2.43. The average Bonchev–Trinajstić information content (AvgIpc) is 3.20. The smallest absolute Gasteiger partial charge is 0.318 e. The molecule has 1 aliphatic heterocycles. The number of hydrogen-bond acceptors (Lipinski definition) is 6. The predicted octanol–water partition coefficient (Wildman–Crippen LogP) is 2.28. The first-order valence-corrected chi connectivity index (χ1v) is 9.93. The number of carbonyl (C=O) groups is 4. The Labute approximate surface area is 171 Å². The molecule has 4 amide bonds. The van der Waals surface area contributed by atoms with Crippen molar-refractivity contribution in [3.63, 3.8) is 0 Å².